The highest BCUT2D eigenvalue weighted by molar-refractivity contribution is 5.88. The number of H-pyrrole nitrogens is 1. The van der Waals surface area contributed by atoms with Crippen LogP contribution in [-0.2, 0) is 0 Å². The maximum atomic E-state index is 11.2. The minimum Gasteiger partial charge on any atom is -0.408 e. The lowest BCUT2D eigenvalue weighted by Gasteiger charge is -2.22. The molecule has 21 heavy (non-hydrogen) atoms. The number of para-hydroxylation sites is 1. The van der Waals surface area contributed by atoms with Gasteiger partial charge >= 0.3 is 5.76 Å². The number of rotatable bonds is 2. The number of aromatic nitrogens is 1. The average molecular weight is 280 g/mol. The van der Waals surface area contributed by atoms with Gasteiger partial charge in [-0.25, -0.2) is 4.79 Å². The summed E-state index contributed by atoms with van der Waals surface area (Å²) in [5.41, 5.74) is 9.41. The Balaban J connectivity index is 2.17. The number of aromatic amines is 1. The first-order valence-electron chi connectivity index (χ1n) is 6.25. The SMILES string of the molecule is CN(c1cc2[nH]c(=O)oc2cc1N)c1ccccc1C#N. The molecule has 1 aromatic heterocycles. The molecule has 3 rings (SSSR count). The molecule has 0 spiro atoms. The first-order valence-corrected chi connectivity index (χ1v) is 6.25. The molecule has 0 atom stereocenters. The van der Waals surface area contributed by atoms with E-state index in [1.165, 1.54) is 0 Å². The molecule has 6 nitrogen and oxygen atoms in total. The van der Waals surface area contributed by atoms with Gasteiger partial charge in [0.05, 0.1) is 28.1 Å². The molecule has 3 N–H and O–H groups in total. The van der Waals surface area contributed by atoms with Gasteiger partial charge in [0.1, 0.15) is 6.07 Å². The number of nitrogens with zero attached hydrogens (tertiary/aromatic N) is 2. The molecule has 0 saturated carbocycles. The summed E-state index contributed by atoms with van der Waals surface area (Å²) in [6, 6.07) is 12.7. The summed E-state index contributed by atoms with van der Waals surface area (Å²) >= 11 is 0. The Hall–Kier alpha value is -3.20. The highest BCUT2D eigenvalue weighted by Gasteiger charge is 2.14. The minimum absolute atomic E-state index is 0.406. The number of fused-ring (bicyclic) bond motifs is 1. The number of nitrogens with one attached hydrogen (secondary N) is 1. The van der Waals surface area contributed by atoms with E-state index < -0.39 is 5.76 Å². The molecule has 0 unspecified atom stereocenters. The van der Waals surface area contributed by atoms with Crippen molar-refractivity contribution in [3.8, 4) is 6.07 Å². The van der Waals surface area contributed by atoms with Crippen molar-refractivity contribution in [3.05, 3.63) is 52.5 Å². The Morgan fingerprint density at radius 3 is 2.81 bits per heavy atom. The van der Waals surface area contributed by atoms with Crippen molar-refractivity contribution in [2.75, 3.05) is 17.7 Å². The molecule has 0 radical (unpaired) electrons. The van der Waals surface area contributed by atoms with Gasteiger partial charge in [0.15, 0.2) is 5.58 Å². The second-order valence-electron chi connectivity index (χ2n) is 4.61. The van der Waals surface area contributed by atoms with Crippen LogP contribution in [0.4, 0.5) is 17.1 Å². The van der Waals surface area contributed by atoms with Crippen molar-refractivity contribution in [1.82, 2.24) is 4.98 Å². The highest BCUT2D eigenvalue weighted by atomic mass is 16.4. The summed E-state index contributed by atoms with van der Waals surface area (Å²) in [4.78, 5) is 15.6. The molecule has 104 valence electrons. The van der Waals surface area contributed by atoms with E-state index >= 15 is 0 Å². The van der Waals surface area contributed by atoms with Gasteiger partial charge in [-0.1, -0.05) is 12.1 Å². The Kier molecular flexibility index (Phi) is 2.88. The second kappa shape index (κ2) is 4.72. The molecule has 3 aromatic rings. The lowest BCUT2D eigenvalue weighted by atomic mass is 10.1. The van der Waals surface area contributed by atoms with Crippen LogP contribution in [0.15, 0.2) is 45.6 Å². The highest BCUT2D eigenvalue weighted by Crippen LogP contribution is 2.33. The van der Waals surface area contributed by atoms with E-state index in [4.69, 9.17) is 10.2 Å². The van der Waals surface area contributed by atoms with E-state index in [2.05, 4.69) is 11.1 Å². The van der Waals surface area contributed by atoms with Crippen LogP contribution in [0.1, 0.15) is 5.56 Å². The predicted molar refractivity (Wildman–Crippen MR) is 80.5 cm³/mol. The molecule has 0 aliphatic rings. The Bertz CT molecular complexity index is 917. The van der Waals surface area contributed by atoms with Crippen molar-refractivity contribution < 1.29 is 4.42 Å². The molecular formula is C15H12N4O2. The zero-order valence-corrected chi connectivity index (χ0v) is 11.3. The molecular weight excluding hydrogens is 268 g/mol. The first-order chi connectivity index (χ1) is 10.1. The fourth-order valence-corrected chi connectivity index (χ4v) is 2.28. The van der Waals surface area contributed by atoms with Crippen LogP contribution < -0.4 is 16.4 Å². The van der Waals surface area contributed by atoms with E-state index in [0.29, 0.717) is 28.0 Å². The molecule has 0 fully saturated rings. The fourth-order valence-electron chi connectivity index (χ4n) is 2.28. The number of benzene rings is 2. The van der Waals surface area contributed by atoms with Crippen molar-refractivity contribution in [1.29, 1.82) is 5.26 Å². The number of anilines is 3. The van der Waals surface area contributed by atoms with Crippen LogP contribution in [0.5, 0.6) is 0 Å². The fraction of sp³-hybridized carbons (Fsp3) is 0.0667. The summed E-state index contributed by atoms with van der Waals surface area (Å²) in [7, 11) is 1.81. The summed E-state index contributed by atoms with van der Waals surface area (Å²) < 4.78 is 4.97. The Morgan fingerprint density at radius 1 is 1.29 bits per heavy atom. The Morgan fingerprint density at radius 2 is 2.05 bits per heavy atom. The maximum Gasteiger partial charge on any atom is 0.417 e. The molecule has 0 aliphatic heterocycles. The molecule has 0 saturated heterocycles. The average Bonchev–Trinajstić information content (AvgIpc) is 2.84. The first kappa shape index (κ1) is 12.8. The predicted octanol–water partition coefficient (Wildman–Crippen LogP) is 2.34. The largest absolute Gasteiger partial charge is 0.417 e. The lowest BCUT2D eigenvalue weighted by Crippen LogP contribution is -2.13. The van der Waals surface area contributed by atoms with Gasteiger partial charge in [-0.3, -0.25) is 4.98 Å². The van der Waals surface area contributed by atoms with E-state index in [1.54, 1.807) is 29.2 Å². The smallest absolute Gasteiger partial charge is 0.408 e. The quantitative estimate of drug-likeness (QED) is 0.702. The number of nitrogens with two attached hydrogens (primary N) is 1. The van der Waals surface area contributed by atoms with Gasteiger partial charge in [-0.05, 0) is 18.2 Å². The Labute approximate surface area is 120 Å². The van der Waals surface area contributed by atoms with Crippen molar-refractivity contribution >= 4 is 28.2 Å². The van der Waals surface area contributed by atoms with Gasteiger partial charge in [-0.2, -0.15) is 5.26 Å². The minimum atomic E-state index is -0.526. The third kappa shape index (κ3) is 2.11. The lowest BCUT2D eigenvalue weighted by molar-refractivity contribution is 0.555. The van der Waals surface area contributed by atoms with Gasteiger partial charge in [0.25, 0.3) is 0 Å². The number of oxazole rings is 1. The molecule has 0 amide bonds. The van der Waals surface area contributed by atoms with E-state index in [1.807, 2.05) is 19.2 Å². The zero-order valence-electron chi connectivity index (χ0n) is 11.3. The van der Waals surface area contributed by atoms with Gasteiger partial charge in [0.2, 0.25) is 0 Å². The summed E-state index contributed by atoms with van der Waals surface area (Å²) in [5.74, 6) is -0.526. The third-order valence-electron chi connectivity index (χ3n) is 3.32. The number of nitriles is 1. The number of hydrogen-bond acceptors (Lipinski definition) is 5. The van der Waals surface area contributed by atoms with Crippen LogP contribution >= 0.6 is 0 Å². The van der Waals surface area contributed by atoms with Crippen molar-refractivity contribution in [2.45, 2.75) is 0 Å². The number of nitrogen functional groups attached to an aromatic ring is 1. The molecule has 1 heterocycles. The number of hydrogen-bond donors (Lipinski definition) is 2. The molecule has 6 heteroatoms. The van der Waals surface area contributed by atoms with E-state index in [-0.39, 0.29) is 0 Å². The van der Waals surface area contributed by atoms with Gasteiger partial charge < -0.3 is 15.1 Å². The monoisotopic (exact) mass is 280 g/mol. The summed E-state index contributed by atoms with van der Waals surface area (Å²) in [6.07, 6.45) is 0. The van der Waals surface area contributed by atoms with Crippen LogP contribution in [0, 0.1) is 11.3 Å². The van der Waals surface area contributed by atoms with E-state index in [9.17, 15) is 10.1 Å². The van der Waals surface area contributed by atoms with E-state index in [0.717, 1.165) is 5.69 Å². The van der Waals surface area contributed by atoms with Crippen molar-refractivity contribution in [3.63, 3.8) is 0 Å². The van der Waals surface area contributed by atoms with Crippen LogP contribution in [0.25, 0.3) is 11.1 Å². The normalized spacial score (nSPS) is 10.5. The molecule has 0 bridgehead atoms. The zero-order chi connectivity index (χ0) is 15.0. The molecule has 2 aromatic carbocycles. The van der Waals surface area contributed by atoms with Gasteiger partial charge in [0, 0.05) is 13.1 Å². The molecule has 0 aliphatic carbocycles. The maximum absolute atomic E-state index is 11.2. The van der Waals surface area contributed by atoms with Crippen LogP contribution in [0.3, 0.4) is 0 Å². The van der Waals surface area contributed by atoms with Crippen molar-refractivity contribution in [2.24, 2.45) is 0 Å². The topological polar surface area (TPSA) is 99.1 Å². The summed E-state index contributed by atoms with van der Waals surface area (Å²) in [5, 5.41) is 9.19. The standard InChI is InChI=1S/C15H12N4O2/c1-19(12-5-3-2-4-9(12)8-16)13-7-11-14(6-10(13)17)21-15(20)18-11/h2-7H,17H2,1H3,(H,18,20). The summed E-state index contributed by atoms with van der Waals surface area (Å²) in [6.45, 7) is 0. The second-order valence-corrected chi connectivity index (χ2v) is 4.61. The van der Waals surface area contributed by atoms with Crippen LogP contribution in [-0.4, -0.2) is 12.0 Å². The van der Waals surface area contributed by atoms with Gasteiger partial charge in [-0.15, -0.1) is 0 Å². The van der Waals surface area contributed by atoms with Crippen LogP contribution in [0.2, 0.25) is 0 Å². The third-order valence-corrected chi connectivity index (χ3v) is 3.32.